The van der Waals surface area contributed by atoms with Crippen molar-refractivity contribution in [2.24, 2.45) is 0 Å². The SMILES string of the molecule is CCc1c[nH]c(=O)c(C)c1. The topological polar surface area (TPSA) is 32.9 Å². The molecule has 0 atom stereocenters. The second kappa shape index (κ2) is 2.69. The van der Waals surface area contributed by atoms with Crippen LogP contribution in [0.4, 0.5) is 0 Å². The summed E-state index contributed by atoms with van der Waals surface area (Å²) in [4.78, 5) is 13.5. The van der Waals surface area contributed by atoms with E-state index in [2.05, 4.69) is 11.9 Å². The van der Waals surface area contributed by atoms with Crippen molar-refractivity contribution in [2.45, 2.75) is 20.3 Å². The quantitative estimate of drug-likeness (QED) is 0.620. The summed E-state index contributed by atoms with van der Waals surface area (Å²) in [6.07, 6.45) is 2.73. The van der Waals surface area contributed by atoms with Gasteiger partial charge in [0.05, 0.1) is 0 Å². The fourth-order valence-electron chi connectivity index (χ4n) is 0.862. The molecule has 1 aromatic rings. The van der Waals surface area contributed by atoms with Crippen molar-refractivity contribution < 1.29 is 0 Å². The van der Waals surface area contributed by atoms with E-state index in [1.54, 1.807) is 6.20 Å². The minimum absolute atomic E-state index is 0.0113. The molecule has 0 saturated heterocycles. The lowest BCUT2D eigenvalue weighted by Gasteiger charge is -1.95. The molecular formula is C8H11NO. The predicted molar refractivity (Wildman–Crippen MR) is 41.2 cm³/mol. The van der Waals surface area contributed by atoms with Gasteiger partial charge in [-0.1, -0.05) is 6.92 Å². The standard InChI is InChI=1S/C8H11NO/c1-3-7-4-6(2)8(10)9-5-7/h4-5H,3H2,1-2H3,(H,9,10). The van der Waals surface area contributed by atoms with Gasteiger partial charge in [-0.3, -0.25) is 4.79 Å². The molecule has 2 heteroatoms. The molecule has 0 aromatic carbocycles. The van der Waals surface area contributed by atoms with E-state index in [0.29, 0.717) is 0 Å². The first-order valence-electron chi connectivity index (χ1n) is 3.42. The summed E-state index contributed by atoms with van der Waals surface area (Å²) in [6, 6.07) is 1.92. The van der Waals surface area contributed by atoms with E-state index in [-0.39, 0.29) is 5.56 Å². The zero-order chi connectivity index (χ0) is 7.56. The highest BCUT2D eigenvalue weighted by Crippen LogP contribution is 1.96. The van der Waals surface area contributed by atoms with E-state index in [9.17, 15) is 4.79 Å². The molecule has 0 spiro atoms. The van der Waals surface area contributed by atoms with Gasteiger partial charge in [-0.15, -0.1) is 0 Å². The van der Waals surface area contributed by atoms with Crippen molar-refractivity contribution in [1.29, 1.82) is 0 Å². The van der Waals surface area contributed by atoms with Gasteiger partial charge in [0.15, 0.2) is 0 Å². The average molecular weight is 137 g/mol. The lowest BCUT2D eigenvalue weighted by atomic mass is 10.2. The van der Waals surface area contributed by atoms with Gasteiger partial charge in [-0.05, 0) is 25.0 Å². The summed E-state index contributed by atoms with van der Waals surface area (Å²) in [5.41, 5.74) is 1.98. The molecule has 0 aliphatic carbocycles. The number of nitrogens with one attached hydrogen (secondary N) is 1. The summed E-state index contributed by atoms with van der Waals surface area (Å²) in [6.45, 7) is 3.88. The van der Waals surface area contributed by atoms with Crippen LogP contribution in [-0.4, -0.2) is 4.98 Å². The maximum absolute atomic E-state index is 10.8. The van der Waals surface area contributed by atoms with Crippen molar-refractivity contribution in [1.82, 2.24) is 4.98 Å². The Morgan fingerprint density at radius 2 is 2.30 bits per heavy atom. The van der Waals surface area contributed by atoms with Crippen LogP contribution in [0.15, 0.2) is 17.1 Å². The Balaban J connectivity index is 3.17. The van der Waals surface area contributed by atoms with Gasteiger partial charge in [0.2, 0.25) is 0 Å². The second-order valence-electron chi connectivity index (χ2n) is 2.37. The van der Waals surface area contributed by atoms with E-state index in [1.165, 1.54) is 5.56 Å². The molecule has 1 N–H and O–H groups in total. The van der Waals surface area contributed by atoms with Gasteiger partial charge < -0.3 is 4.98 Å². The third kappa shape index (κ3) is 1.26. The Hall–Kier alpha value is -1.05. The van der Waals surface area contributed by atoms with Gasteiger partial charge in [0, 0.05) is 11.8 Å². The maximum Gasteiger partial charge on any atom is 0.250 e. The maximum atomic E-state index is 10.8. The molecule has 1 aromatic heterocycles. The molecule has 0 aliphatic heterocycles. The number of H-pyrrole nitrogens is 1. The average Bonchev–Trinajstić information content (AvgIpc) is 1.95. The summed E-state index contributed by atoms with van der Waals surface area (Å²) in [5.74, 6) is 0. The van der Waals surface area contributed by atoms with Crippen molar-refractivity contribution in [3.8, 4) is 0 Å². The van der Waals surface area contributed by atoms with Crippen molar-refractivity contribution in [3.63, 3.8) is 0 Å². The Morgan fingerprint density at radius 3 is 2.80 bits per heavy atom. The highest BCUT2D eigenvalue weighted by Gasteiger charge is 1.92. The molecule has 0 unspecified atom stereocenters. The van der Waals surface area contributed by atoms with Gasteiger partial charge >= 0.3 is 0 Å². The fourth-order valence-corrected chi connectivity index (χ4v) is 0.862. The molecule has 0 bridgehead atoms. The first-order chi connectivity index (χ1) is 4.74. The van der Waals surface area contributed by atoms with Crippen LogP contribution >= 0.6 is 0 Å². The Labute approximate surface area is 59.9 Å². The lowest BCUT2D eigenvalue weighted by Crippen LogP contribution is -2.08. The normalized spacial score (nSPS) is 9.80. The van der Waals surface area contributed by atoms with E-state index in [4.69, 9.17) is 0 Å². The Kier molecular flexibility index (Phi) is 1.90. The zero-order valence-corrected chi connectivity index (χ0v) is 6.27. The van der Waals surface area contributed by atoms with Crippen LogP contribution in [0, 0.1) is 6.92 Å². The van der Waals surface area contributed by atoms with Gasteiger partial charge in [0.25, 0.3) is 5.56 Å². The van der Waals surface area contributed by atoms with Crippen molar-refractivity contribution >= 4 is 0 Å². The van der Waals surface area contributed by atoms with E-state index in [0.717, 1.165) is 12.0 Å². The third-order valence-corrected chi connectivity index (χ3v) is 1.56. The number of hydrogen-bond donors (Lipinski definition) is 1. The number of hydrogen-bond acceptors (Lipinski definition) is 1. The first kappa shape index (κ1) is 7.06. The van der Waals surface area contributed by atoms with Crippen LogP contribution in [0.2, 0.25) is 0 Å². The van der Waals surface area contributed by atoms with Crippen molar-refractivity contribution in [2.75, 3.05) is 0 Å². The molecule has 54 valence electrons. The lowest BCUT2D eigenvalue weighted by molar-refractivity contribution is 1.06. The third-order valence-electron chi connectivity index (χ3n) is 1.56. The second-order valence-corrected chi connectivity index (χ2v) is 2.37. The van der Waals surface area contributed by atoms with Crippen LogP contribution < -0.4 is 5.56 Å². The molecule has 10 heavy (non-hydrogen) atoms. The molecule has 0 radical (unpaired) electrons. The largest absolute Gasteiger partial charge is 0.329 e. The summed E-state index contributed by atoms with van der Waals surface area (Å²) in [7, 11) is 0. The van der Waals surface area contributed by atoms with Crippen LogP contribution in [0.25, 0.3) is 0 Å². The number of aromatic amines is 1. The smallest absolute Gasteiger partial charge is 0.250 e. The fraction of sp³-hybridized carbons (Fsp3) is 0.375. The predicted octanol–water partition coefficient (Wildman–Crippen LogP) is 1.25. The first-order valence-corrected chi connectivity index (χ1v) is 3.42. The van der Waals surface area contributed by atoms with E-state index in [1.807, 2.05) is 13.0 Å². The molecule has 0 aliphatic rings. The number of rotatable bonds is 1. The summed E-state index contributed by atoms with van der Waals surface area (Å²) < 4.78 is 0. The van der Waals surface area contributed by atoms with Gasteiger partial charge in [-0.2, -0.15) is 0 Å². The summed E-state index contributed by atoms with van der Waals surface area (Å²) >= 11 is 0. The molecular weight excluding hydrogens is 126 g/mol. The van der Waals surface area contributed by atoms with E-state index >= 15 is 0 Å². The molecule has 1 rings (SSSR count). The van der Waals surface area contributed by atoms with Gasteiger partial charge in [0.1, 0.15) is 0 Å². The number of pyridine rings is 1. The Bertz CT molecular complexity index is 275. The van der Waals surface area contributed by atoms with Crippen LogP contribution in [0.5, 0.6) is 0 Å². The number of aromatic nitrogens is 1. The molecule has 0 saturated carbocycles. The van der Waals surface area contributed by atoms with Crippen molar-refractivity contribution in [3.05, 3.63) is 33.7 Å². The summed E-state index contributed by atoms with van der Waals surface area (Å²) in [5, 5.41) is 0. The molecule has 1 heterocycles. The van der Waals surface area contributed by atoms with Crippen LogP contribution in [0.3, 0.4) is 0 Å². The van der Waals surface area contributed by atoms with E-state index < -0.39 is 0 Å². The monoisotopic (exact) mass is 137 g/mol. The molecule has 0 amide bonds. The Morgan fingerprint density at radius 1 is 1.60 bits per heavy atom. The minimum Gasteiger partial charge on any atom is -0.329 e. The molecule has 2 nitrogen and oxygen atoms in total. The highest BCUT2D eigenvalue weighted by atomic mass is 16.1. The number of aryl methyl sites for hydroxylation is 2. The van der Waals surface area contributed by atoms with Crippen LogP contribution in [0.1, 0.15) is 18.1 Å². The highest BCUT2D eigenvalue weighted by molar-refractivity contribution is 5.16. The zero-order valence-electron chi connectivity index (χ0n) is 6.27. The van der Waals surface area contributed by atoms with Crippen LogP contribution in [-0.2, 0) is 6.42 Å². The molecule has 0 fully saturated rings. The minimum atomic E-state index is 0.0113. The van der Waals surface area contributed by atoms with Gasteiger partial charge in [-0.25, -0.2) is 0 Å².